The molecule has 8 nitrogen and oxygen atoms in total. The monoisotopic (exact) mass is 321 g/mol. The molecule has 0 unspecified atom stereocenters. The predicted octanol–water partition coefficient (Wildman–Crippen LogP) is -0.181. The first-order valence-corrected chi connectivity index (χ1v) is 7.85. The lowest BCUT2D eigenvalue weighted by Gasteiger charge is -2.27. The van der Waals surface area contributed by atoms with Crippen LogP contribution in [0.25, 0.3) is 0 Å². The SMILES string of the molecule is C1CNCCN1.O=C(c1ccccc1[N+](=O)[O-])N1CCNCC1. The van der Waals surface area contributed by atoms with Gasteiger partial charge in [0.1, 0.15) is 5.56 Å². The summed E-state index contributed by atoms with van der Waals surface area (Å²) in [6.07, 6.45) is 0. The summed E-state index contributed by atoms with van der Waals surface area (Å²) in [7, 11) is 0. The molecule has 126 valence electrons. The van der Waals surface area contributed by atoms with Crippen LogP contribution in [-0.2, 0) is 0 Å². The number of para-hydroxylation sites is 1. The zero-order chi connectivity index (χ0) is 16.5. The zero-order valence-corrected chi connectivity index (χ0v) is 13.1. The molecule has 0 aliphatic carbocycles. The van der Waals surface area contributed by atoms with E-state index in [-0.39, 0.29) is 17.2 Å². The molecule has 8 heteroatoms. The summed E-state index contributed by atoms with van der Waals surface area (Å²) in [6.45, 7) is 7.19. The van der Waals surface area contributed by atoms with Crippen LogP contribution in [0, 0.1) is 10.1 Å². The third-order valence-corrected chi connectivity index (χ3v) is 3.69. The van der Waals surface area contributed by atoms with Gasteiger partial charge in [-0.25, -0.2) is 0 Å². The smallest absolute Gasteiger partial charge is 0.282 e. The van der Waals surface area contributed by atoms with Crippen LogP contribution in [0.3, 0.4) is 0 Å². The molecule has 1 aromatic rings. The first-order valence-electron chi connectivity index (χ1n) is 7.85. The van der Waals surface area contributed by atoms with Crippen LogP contribution in [-0.4, -0.2) is 68.1 Å². The Morgan fingerprint density at radius 1 is 0.957 bits per heavy atom. The van der Waals surface area contributed by atoms with Gasteiger partial charge in [-0.3, -0.25) is 14.9 Å². The molecule has 2 aliphatic heterocycles. The predicted molar refractivity (Wildman–Crippen MR) is 87.6 cm³/mol. The first kappa shape index (κ1) is 17.3. The molecule has 0 bridgehead atoms. The number of nitro groups is 1. The van der Waals surface area contributed by atoms with E-state index >= 15 is 0 Å². The second-order valence-electron chi connectivity index (χ2n) is 5.32. The number of nitro benzene ring substituents is 1. The largest absolute Gasteiger partial charge is 0.336 e. The van der Waals surface area contributed by atoms with E-state index in [1.165, 1.54) is 12.1 Å². The van der Waals surface area contributed by atoms with Crippen molar-refractivity contribution in [2.45, 2.75) is 0 Å². The molecule has 0 atom stereocenters. The van der Waals surface area contributed by atoms with Gasteiger partial charge in [0.15, 0.2) is 0 Å². The molecule has 0 saturated carbocycles. The van der Waals surface area contributed by atoms with Gasteiger partial charge in [0, 0.05) is 58.4 Å². The average molecular weight is 321 g/mol. The summed E-state index contributed by atoms with van der Waals surface area (Å²) in [6, 6.07) is 6.06. The van der Waals surface area contributed by atoms with Gasteiger partial charge in [0.2, 0.25) is 0 Å². The van der Waals surface area contributed by atoms with Crippen LogP contribution in [0.15, 0.2) is 24.3 Å². The fraction of sp³-hybridized carbons (Fsp3) is 0.533. The van der Waals surface area contributed by atoms with Gasteiger partial charge in [-0.2, -0.15) is 0 Å². The average Bonchev–Trinajstić information content (AvgIpc) is 2.64. The number of benzene rings is 1. The summed E-state index contributed by atoms with van der Waals surface area (Å²) in [5.41, 5.74) is 0.0374. The maximum Gasteiger partial charge on any atom is 0.282 e. The molecule has 3 rings (SSSR count). The Kier molecular flexibility index (Phi) is 6.92. The fourth-order valence-corrected chi connectivity index (χ4v) is 2.46. The Morgan fingerprint density at radius 2 is 1.48 bits per heavy atom. The number of hydrogen-bond donors (Lipinski definition) is 3. The minimum Gasteiger partial charge on any atom is -0.336 e. The van der Waals surface area contributed by atoms with Crippen LogP contribution >= 0.6 is 0 Å². The molecular weight excluding hydrogens is 298 g/mol. The molecule has 0 aromatic heterocycles. The quantitative estimate of drug-likeness (QED) is 0.516. The van der Waals surface area contributed by atoms with Crippen molar-refractivity contribution in [1.29, 1.82) is 0 Å². The molecule has 3 N–H and O–H groups in total. The van der Waals surface area contributed by atoms with E-state index in [1.807, 2.05) is 0 Å². The lowest BCUT2D eigenvalue weighted by molar-refractivity contribution is -0.385. The van der Waals surface area contributed by atoms with Crippen molar-refractivity contribution in [3.05, 3.63) is 39.9 Å². The highest BCUT2D eigenvalue weighted by Gasteiger charge is 2.24. The fourth-order valence-electron chi connectivity index (χ4n) is 2.46. The highest BCUT2D eigenvalue weighted by molar-refractivity contribution is 5.98. The number of piperazine rings is 2. The van der Waals surface area contributed by atoms with Gasteiger partial charge in [-0.15, -0.1) is 0 Å². The van der Waals surface area contributed by atoms with Crippen molar-refractivity contribution < 1.29 is 9.72 Å². The van der Waals surface area contributed by atoms with Crippen molar-refractivity contribution in [2.24, 2.45) is 0 Å². The van der Waals surface area contributed by atoms with Crippen LogP contribution < -0.4 is 16.0 Å². The van der Waals surface area contributed by atoms with Gasteiger partial charge in [-0.05, 0) is 6.07 Å². The molecule has 2 heterocycles. The summed E-state index contributed by atoms with van der Waals surface area (Å²) in [4.78, 5) is 24.1. The lowest BCUT2D eigenvalue weighted by atomic mass is 10.1. The van der Waals surface area contributed by atoms with Crippen molar-refractivity contribution in [1.82, 2.24) is 20.9 Å². The van der Waals surface area contributed by atoms with Gasteiger partial charge >= 0.3 is 0 Å². The van der Waals surface area contributed by atoms with Gasteiger partial charge < -0.3 is 20.9 Å². The van der Waals surface area contributed by atoms with Crippen LogP contribution in [0.1, 0.15) is 10.4 Å². The van der Waals surface area contributed by atoms with Crippen molar-refractivity contribution >= 4 is 11.6 Å². The van der Waals surface area contributed by atoms with E-state index in [1.54, 1.807) is 17.0 Å². The standard InChI is InChI=1S/C11H13N3O3.C4H10N2/c15-11(13-7-5-12-6-8-13)9-3-1-2-4-10(9)14(16)17;1-2-6-4-3-5-1/h1-4,12H,5-8H2;5-6H,1-4H2. The second kappa shape index (κ2) is 9.19. The van der Waals surface area contributed by atoms with E-state index < -0.39 is 4.92 Å². The number of nitrogens with zero attached hydrogens (tertiary/aromatic N) is 2. The number of carbonyl (C=O) groups is 1. The molecule has 1 amide bonds. The topological polar surface area (TPSA) is 99.5 Å². The Morgan fingerprint density at radius 3 is 2.00 bits per heavy atom. The lowest BCUT2D eigenvalue weighted by Crippen LogP contribution is -2.46. The maximum atomic E-state index is 12.1. The Hall–Kier alpha value is -2.03. The summed E-state index contributed by atoms with van der Waals surface area (Å²) >= 11 is 0. The van der Waals surface area contributed by atoms with E-state index in [2.05, 4.69) is 16.0 Å². The first-order chi connectivity index (χ1) is 11.2. The summed E-state index contributed by atoms with van der Waals surface area (Å²) in [5.74, 6) is -0.265. The van der Waals surface area contributed by atoms with Gasteiger partial charge in [0.25, 0.3) is 11.6 Å². The maximum absolute atomic E-state index is 12.1. The molecule has 1 aromatic carbocycles. The van der Waals surface area contributed by atoms with E-state index in [9.17, 15) is 14.9 Å². The van der Waals surface area contributed by atoms with E-state index in [0.29, 0.717) is 13.1 Å². The highest BCUT2D eigenvalue weighted by Crippen LogP contribution is 2.19. The molecule has 2 fully saturated rings. The molecule has 0 radical (unpaired) electrons. The van der Waals surface area contributed by atoms with Crippen LogP contribution in [0.4, 0.5) is 5.69 Å². The number of rotatable bonds is 2. The number of carbonyl (C=O) groups excluding carboxylic acids is 1. The highest BCUT2D eigenvalue weighted by atomic mass is 16.6. The molecule has 0 spiro atoms. The van der Waals surface area contributed by atoms with Crippen LogP contribution in [0.2, 0.25) is 0 Å². The third kappa shape index (κ3) is 5.27. The number of hydrogen-bond acceptors (Lipinski definition) is 6. The summed E-state index contributed by atoms with van der Waals surface area (Å²) < 4.78 is 0. The Bertz CT molecular complexity index is 516. The Labute approximate surface area is 135 Å². The molecule has 2 aliphatic rings. The number of amides is 1. The summed E-state index contributed by atoms with van der Waals surface area (Å²) in [5, 5.41) is 20.4. The van der Waals surface area contributed by atoms with Crippen molar-refractivity contribution in [3.63, 3.8) is 0 Å². The van der Waals surface area contributed by atoms with Crippen molar-refractivity contribution in [2.75, 3.05) is 52.4 Å². The van der Waals surface area contributed by atoms with Crippen LogP contribution in [0.5, 0.6) is 0 Å². The molecule has 23 heavy (non-hydrogen) atoms. The van der Waals surface area contributed by atoms with E-state index in [4.69, 9.17) is 0 Å². The molecular formula is C15H23N5O3. The minimum atomic E-state index is -0.518. The second-order valence-corrected chi connectivity index (χ2v) is 5.32. The number of nitrogens with one attached hydrogen (secondary N) is 3. The normalized spacial score (nSPS) is 17.8. The van der Waals surface area contributed by atoms with E-state index in [0.717, 1.165) is 39.3 Å². The Balaban J connectivity index is 0.000000268. The van der Waals surface area contributed by atoms with Gasteiger partial charge in [-0.1, -0.05) is 12.1 Å². The zero-order valence-electron chi connectivity index (χ0n) is 13.1. The minimum absolute atomic E-state index is 0.129. The third-order valence-electron chi connectivity index (χ3n) is 3.69. The van der Waals surface area contributed by atoms with Gasteiger partial charge in [0.05, 0.1) is 4.92 Å². The van der Waals surface area contributed by atoms with Crippen molar-refractivity contribution in [3.8, 4) is 0 Å². The molecule has 2 saturated heterocycles.